The molecule has 1 aliphatic heterocycles. The monoisotopic (exact) mass is 262 g/mol. The summed E-state index contributed by atoms with van der Waals surface area (Å²) in [6, 6.07) is 8.63. The molecule has 0 bridgehead atoms. The molecule has 2 rings (SSSR count). The third-order valence-electron chi connectivity index (χ3n) is 3.79. The van der Waals surface area contributed by atoms with Crippen molar-refractivity contribution >= 4 is 0 Å². The third kappa shape index (κ3) is 4.94. The molecule has 0 aromatic heterocycles. The van der Waals surface area contributed by atoms with Gasteiger partial charge in [0.25, 0.3) is 0 Å². The van der Waals surface area contributed by atoms with Crippen molar-refractivity contribution in [2.75, 3.05) is 33.8 Å². The Balaban J connectivity index is 1.74. The van der Waals surface area contributed by atoms with Crippen LogP contribution in [0.4, 0.5) is 0 Å². The first kappa shape index (κ1) is 14.5. The molecule has 1 fully saturated rings. The lowest BCUT2D eigenvalue weighted by Gasteiger charge is -2.29. The Kier molecular flexibility index (Phi) is 5.83. The molecular formula is C16H26N2O. The molecule has 1 heterocycles. The summed E-state index contributed by atoms with van der Waals surface area (Å²) in [6.07, 6.45) is 2.70. The molecule has 1 unspecified atom stereocenters. The van der Waals surface area contributed by atoms with Gasteiger partial charge in [0.1, 0.15) is 0 Å². The van der Waals surface area contributed by atoms with Gasteiger partial charge in [-0.3, -0.25) is 0 Å². The Bertz CT molecular complexity index is 381. The minimum atomic E-state index is 0.696. The Hall–Kier alpha value is -0.900. The number of piperidine rings is 1. The number of benzene rings is 1. The van der Waals surface area contributed by atoms with Crippen molar-refractivity contribution in [1.29, 1.82) is 0 Å². The van der Waals surface area contributed by atoms with Gasteiger partial charge >= 0.3 is 0 Å². The predicted molar refractivity (Wildman–Crippen MR) is 79.1 cm³/mol. The van der Waals surface area contributed by atoms with Crippen molar-refractivity contribution < 1.29 is 4.74 Å². The predicted octanol–water partition coefficient (Wildman–Crippen LogP) is 2.26. The van der Waals surface area contributed by atoms with Crippen molar-refractivity contribution in [3.8, 4) is 0 Å². The van der Waals surface area contributed by atoms with E-state index in [1.54, 1.807) is 7.11 Å². The van der Waals surface area contributed by atoms with Gasteiger partial charge in [-0.2, -0.15) is 0 Å². The van der Waals surface area contributed by atoms with Crippen LogP contribution in [0, 0.1) is 5.92 Å². The molecule has 106 valence electrons. The highest BCUT2D eigenvalue weighted by molar-refractivity contribution is 5.22. The van der Waals surface area contributed by atoms with E-state index in [0.29, 0.717) is 6.61 Å². The van der Waals surface area contributed by atoms with Crippen LogP contribution in [-0.2, 0) is 17.9 Å². The summed E-state index contributed by atoms with van der Waals surface area (Å²) < 4.78 is 5.17. The summed E-state index contributed by atoms with van der Waals surface area (Å²) in [5, 5.41) is 3.59. The first-order valence-corrected chi connectivity index (χ1v) is 7.24. The van der Waals surface area contributed by atoms with E-state index in [4.69, 9.17) is 4.74 Å². The standard InChI is InChI=1S/C16H26N2O/c1-18-8-4-7-16(12-18)11-17-10-14-5-3-6-15(9-14)13-19-2/h3,5-6,9,16-17H,4,7-8,10-13H2,1-2H3. The van der Waals surface area contributed by atoms with Crippen LogP contribution >= 0.6 is 0 Å². The normalized spacial score (nSPS) is 20.6. The van der Waals surface area contributed by atoms with Gasteiger partial charge in [-0.1, -0.05) is 24.3 Å². The summed E-state index contributed by atoms with van der Waals surface area (Å²) in [4.78, 5) is 2.44. The zero-order chi connectivity index (χ0) is 13.5. The summed E-state index contributed by atoms with van der Waals surface area (Å²) in [5.74, 6) is 0.806. The molecule has 1 aromatic carbocycles. The number of ether oxygens (including phenoxy) is 1. The van der Waals surface area contributed by atoms with Crippen LogP contribution < -0.4 is 5.32 Å². The highest BCUT2D eigenvalue weighted by atomic mass is 16.5. The van der Waals surface area contributed by atoms with E-state index >= 15 is 0 Å². The SMILES string of the molecule is COCc1cccc(CNCC2CCCN(C)C2)c1. The van der Waals surface area contributed by atoms with Gasteiger partial charge < -0.3 is 15.0 Å². The number of methoxy groups -OCH3 is 1. The van der Waals surface area contributed by atoms with Crippen molar-refractivity contribution in [2.45, 2.75) is 26.0 Å². The second-order valence-electron chi connectivity index (χ2n) is 5.65. The number of nitrogens with one attached hydrogen (secondary N) is 1. The fourth-order valence-corrected chi connectivity index (χ4v) is 2.86. The quantitative estimate of drug-likeness (QED) is 0.851. The van der Waals surface area contributed by atoms with Crippen LogP contribution in [0.3, 0.4) is 0 Å². The minimum Gasteiger partial charge on any atom is -0.380 e. The van der Waals surface area contributed by atoms with E-state index in [1.807, 2.05) is 0 Å². The van der Waals surface area contributed by atoms with Crippen LogP contribution in [-0.4, -0.2) is 38.7 Å². The molecule has 1 saturated heterocycles. The number of likely N-dealkylation sites (tertiary alicyclic amines) is 1. The van der Waals surface area contributed by atoms with E-state index in [0.717, 1.165) is 19.0 Å². The fraction of sp³-hybridized carbons (Fsp3) is 0.625. The molecule has 1 aliphatic rings. The van der Waals surface area contributed by atoms with E-state index in [1.165, 1.54) is 37.1 Å². The molecule has 1 aromatic rings. The van der Waals surface area contributed by atoms with Crippen molar-refractivity contribution in [1.82, 2.24) is 10.2 Å². The summed E-state index contributed by atoms with van der Waals surface area (Å²) >= 11 is 0. The first-order chi connectivity index (χ1) is 9.28. The highest BCUT2D eigenvalue weighted by Gasteiger charge is 2.16. The molecule has 3 heteroatoms. The van der Waals surface area contributed by atoms with Gasteiger partial charge in [0.15, 0.2) is 0 Å². The van der Waals surface area contributed by atoms with Gasteiger partial charge in [0, 0.05) is 20.2 Å². The lowest BCUT2D eigenvalue weighted by molar-refractivity contribution is 0.185. The third-order valence-corrected chi connectivity index (χ3v) is 3.79. The van der Waals surface area contributed by atoms with Gasteiger partial charge in [-0.05, 0) is 50.0 Å². The smallest absolute Gasteiger partial charge is 0.0713 e. The lowest BCUT2D eigenvalue weighted by Crippen LogP contribution is -2.37. The topological polar surface area (TPSA) is 24.5 Å². The maximum absolute atomic E-state index is 5.17. The molecule has 0 radical (unpaired) electrons. The Labute approximate surface area is 116 Å². The maximum atomic E-state index is 5.17. The molecule has 0 spiro atoms. The number of nitrogens with zero attached hydrogens (tertiary/aromatic N) is 1. The Morgan fingerprint density at radius 1 is 1.37 bits per heavy atom. The Morgan fingerprint density at radius 2 is 2.21 bits per heavy atom. The van der Waals surface area contributed by atoms with Crippen molar-refractivity contribution in [2.24, 2.45) is 5.92 Å². The van der Waals surface area contributed by atoms with Gasteiger partial charge in [-0.15, -0.1) is 0 Å². The average Bonchev–Trinajstić information content (AvgIpc) is 2.40. The Morgan fingerprint density at radius 3 is 3.00 bits per heavy atom. The summed E-state index contributed by atoms with van der Waals surface area (Å²) in [5.41, 5.74) is 2.60. The summed E-state index contributed by atoms with van der Waals surface area (Å²) in [6.45, 7) is 5.27. The average molecular weight is 262 g/mol. The van der Waals surface area contributed by atoms with Crippen LogP contribution in [0.25, 0.3) is 0 Å². The van der Waals surface area contributed by atoms with Crippen LogP contribution in [0.15, 0.2) is 24.3 Å². The largest absolute Gasteiger partial charge is 0.380 e. The first-order valence-electron chi connectivity index (χ1n) is 7.24. The van der Waals surface area contributed by atoms with Gasteiger partial charge in [-0.25, -0.2) is 0 Å². The molecule has 0 aliphatic carbocycles. The van der Waals surface area contributed by atoms with E-state index < -0.39 is 0 Å². The summed E-state index contributed by atoms with van der Waals surface area (Å²) in [7, 11) is 3.96. The van der Waals surface area contributed by atoms with Crippen LogP contribution in [0.5, 0.6) is 0 Å². The number of rotatable bonds is 6. The van der Waals surface area contributed by atoms with Crippen molar-refractivity contribution in [3.63, 3.8) is 0 Å². The second kappa shape index (κ2) is 7.63. The van der Waals surface area contributed by atoms with Crippen molar-refractivity contribution in [3.05, 3.63) is 35.4 Å². The molecule has 1 atom stereocenters. The molecule has 19 heavy (non-hydrogen) atoms. The molecule has 1 N–H and O–H groups in total. The molecule has 3 nitrogen and oxygen atoms in total. The van der Waals surface area contributed by atoms with Gasteiger partial charge in [0.05, 0.1) is 6.61 Å². The van der Waals surface area contributed by atoms with E-state index in [2.05, 4.69) is 41.5 Å². The molecule has 0 saturated carbocycles. The maximum Gasteiger partial charge on any atom is 0.0713 e. The lowest BCUT2D eigenvalue weighted by atomic mass is 9.98. The van der Waals surface area contributed by atoms with Crippen LogP contribution in [0.2, 0.25) is 0 Å². The number of hydrogen-bond donors (Lipinski definition) is 1. The fourth-order valence-electron chi connectivity index (χ4n) is 2.86. The van der Waals surface area contributed by atoms with Crippen LogP contribution in [0.1, 0.15) is 24.0 Å². The molecular weight excluding hydrogens is 236 g/mol. The number of hydrogen-bond acceptors (Lipinski definition) is 3. The second-order valence-corrected chi connectivity index (χ2v) is 5.65. The zero-order valence-corrected chi connectivity index (χ0v) is 12.2. The van der Waals surface area contributed by atoms with E-state index in [9.17, 15) is 0 Å². The zero-order valence-electron chi connectivity index (χ0n) is 12.2. The van der Waals surface area contributed by atoms with Gasteiger partial charge in [0.2, 0.25) is 0 Å². The van der Waals surface area contributed by atoms with E-state index in [-0.39, 0.29) is 0 Å². The highest BCUT2D eigenvalue weighted by Crippen LogP contribution is 2.14. The minimum absolute atomic E-state index is 0.696. The molecule has 0 amide bonds.